The topological polar surface area (TPSA) is 43.4 Å². The fraction of sp³-hybridized carbons (Fsp3) is 0.250. The molecule has 0 aliphatic rings. The van der Waals surface area contributed by atoms with Gasteiger partial charge in [0.25, 0.3) is 0 Å². The Morgan fingerprint density at radius 3 is 2.46 bits per heavy atom. The zero-order valence-electron chi connectivity index (χ0n) is 14.7. The lowest BCUT2D eigenvalue weighted by Gasteiger charge is -2.15. The summed E-state index contributed by atoms with van der Waals surface area (Å²) in [4.78, 5) is 4.41. The Kier molecular flexibility index (Phi) is 6.01. The fourth-order valence-corrected chi connectivity index (χ4v) is 2.52. The van der Waals surface area contributed by atoms with Crippen LogP contribution in [0.4, 0.5) is 5.69 Å². The molecule has 24 heavy (non-hydrogen) atoms. The van der Waals surface area contributed by atoms with E-state index in [9.17, 15) is 0 Å². The highest BCUT2D eigenvalue weighted by Crippen LogP contribution is 2.31. The van der Waals surface area contributed by atoms with Gasteiger partial charge in [-0.05, 0) is 31.1 Å². The van der Waals surface area contributed by atoms with Gasteiger partial charge in [-0.2, -0.15) is 0 Å². The highest BCUT2D eigenvalue weighted by molar-refractivity contribution is 5.80. The van der Waals surface area contributed by atoms with E-state index in [-0.39, 0.29) is 0 Å². The summed E-state index contributed by atoms with van der Waals surface area (Å²) in [5, 5.41) is 3.39. The molecule has 0 fully saturated rings. The molecule has 4 heteroatoms. The largest absolute Gasteiger partial charge is 0.501 e. The molecule has 0 atom stereocenters. The highest BCUT2D eigenvalue weighted by Gasteiger charge is 2.12. The lowest BCUT2D eigenvalue weighted by molar-refractivity contribution is 0.296. The van der Waals surface area contributed by atoms with E-state index in [0.29, 0.717) is 12.4 Å². The molecule has 0 radical (unpaired) electrons. The van der Waals surface area contributed by atoms with Crippen LogP contribution in [-0.2, 0) is 11.3 Å². The van der Waals surface area contributed by atoms with Crippen LogP contribution >= 0.6 is 0 Å². The van der Waals surface area contributed by atoms with Gasteiger partial charge in [0.2, 0.25) is 5.88 Å². The van der Waals surface area contributed by atoms with E-state index in [0.717, 1.165) is 28.2 Å². The molecule has 0 aliphatic heterocycles. The molecule has 0 saturated carbocycles. The normalized spacial score (nSPS) is 11.5. The predicted molar refractivity (Wildman–Crippen MR) is 99.0 cm³/mol. The van der Waals surface area contributed by atoms with Gasteiger partial charge in [-0.25, -0.2) is 4.98 Å². The quantitative estimate of drug-likeness (QED) is 0.594. The first-order valence-corrected chi connectivity index (χ1v) is 7.79. The average Bonchev–Trinajstić information content (AvgIpc) is 2.60. The van der Waals surface area contributed by atoms with Crippen molar-refractivity contribution in [3.63, 3.8) is 0 Å². The molecular weight excluding hydrogens is 300 g/mol. The number of benzene rings is 1. The Bertz CT molecular complexity index is 737. The molecule has 2 aromatic rings. The predicted octanol–water partition coefficient (Wildman–Crippen LogP) is 4.66. The van der Waals surface area contributed by atoms with Gasteiger partial charge in [-0.15, -0.1) is 0 Å². The van der Waals surface area contributed by atoms with Crippen molar-refractivity contribution in [2.75, 3.05) is 19.5 Å². The number of pyridine rings is 1. The number of hydrogen-bond donors (Lipinski definition) is 1. The SMILES string of the molecule is C=C(C)/C(=C(/C)OC)c1cnc(OC)c(NCc2ccccc2)c1. The standard InChI is InChI=1S/C20H24N2O2/c1-14(2)19(15(3)23-4)17-11-18(20(24-5)22-13-17)21-12-16-9-7-6-8-10-16/h6-11,13,21H,1,12H2,2-5H3/b19-15+. The Morgan fingerprint density at radius 2 is 1.88 bits per heavy atom. The van der Waals surface area contributed by atoms with Gasteiger partial charge in [-0.3, -0.25) is 0 Å². The van der Waals surface area contributed by atoms with Crippen LogP contribution in [0.25, 0.3) is 5.57 Å². The number of ether oxygens (including phenoxy) is 2. The smallest absolute Gasteiger partial charge is 0.237 e. The lowest BCUT2D eigenvalue weighted by atomic mass is 10.00. The minimum atomic E-state index is 0.561. The molecule has 0 bridgehead atoms. The van der Waals surface area contributed by atoms with E-state index in [4.69, 9.17) is 9.47 Å². The minimum absolute atomic E-state index is 0.561. The molecule has 0 amide bonds. The Balaban J connectivity index is 2.35. The number of methoxy groups -OCH3 is 2. The second kappa shape index (κ2) is 8.20. The third kappa shape index (κ3) is 4.16. The molecule has 1 aromatic carbocycles. The van der Waals surface area contributed by atoms with Crippen LogP contribution in [0.1, 0.15) is 25.0 Å². The highest BCUT2D eigenvalue weighted by atomic mass is 16.5. The van der Waals surface area contributed by atoms with Gasteiger partial charge in [-0.1, -0.05) is 36.9 Å². The van der Waals surface area contributed by atoms with Gasteiger partial charge in [0.15, 0.2) is 0 Å². The van der Waals surface area contributed by atoms with E-state index in [1.54, 1.807) is 20.4 Å². The summed E-state index contributed by atoms with van der Waals surface area (Å²) < 4.78 is 10.8. The van der Waals surface area contributed by atoms with Crippen LogP contribution in [-0.4, -0.2) is 19.2 Å². The van der Waals surface area contributed by atoms with Gasteiger partial charge in [0.1, 0.15) is 5.76 Å². The first-order valence-electron chi connectivity index (χ1n) is 7.79. The van der Waals surface area contributed by atoms with Crippen molar-refractivity contribution in [3.8, 4) is 5.88 Å². The van der Waals surface area contributed by atoms with Crippen molar-refractivity contribution >= 4 is 11.3 Å². The van der Waals surface area contributed by atoms with Crippen LogP contribution in [0.3, 0.4) is 0 Å². The van der Waals surface area contributed by atoms with Crippen LogP contribution in [0.5, 0.6) is 5.88 Å². The van der Waals surface area contributed by atoms with Crippen LogP contribution < -0.4 is 10.1 Å². The number of nitrogens with one attached hydrogen (secondary N) is 1. The van der Waals surface area contributed by atoms with E-state index >= 15 is 0 Å². The number of rotatable bonds is 7. The second-order valence-electron chi connectivity index (χ2n) is 5.54. The molecule has 1 N–H and O–H groups in total. The Morgan fingerprint density at radius 1 is 1.17 bits per heavy atom. The molecule has 1 aromatic heterocycles. The van der Waals surface area contributed by atoms with Crippen molar-refractivity contribution in [3.05, 3.63) is 71.6 Å². The number of anilines is 1. The van der Waals surface area contributed by atoms with Gasteiger partial charge >= 0.3 is 0 Å². The maximum absolute atomic E-state index is 5.39. The number of allylic oxidation sites excluding steroid dienone is 3. The summed E-state index contributed by atoms with van der Waals surface area (Å²) in [5.74, 6) is 1.37. The van der Waals surface area contributed by atoms with Crippen LogP contribution in [0.2, 0.25) is 0 Å². The molecule has 0 spiro atoms. The summed E-state index contributed by atoms with van der Waals surface area (Å²) in [5.41, 5.74) is 4.85. The second-order valence-corrected chi connectivity index (χ2v) is 5.54. The Labute approximate surface area is 143 Å². The maximum Gasteiger partial charge on any atom is 0.237 e. The van der Waals surface area contributed by atoms with Crippen molar-refractivity contribution in [1.82, 2.24) is 4.98 Å². The lowest BCUT2D eigenvalue weighted by Crippen LogP contribution is -2.04. The van der Waals surface area contributed by atoms with Crippen molar-refractivity contribution < 1.29 is 9.47 Å². The monoisotopic (exact) mass is 324 g/mol. The first kappa shape index (κ1) is 17.6. The van der Waals surface area contributed by atoms with Crippen molar-refractivity contribution in [2.24, 2.45) is 0 Å². The maximum atomic E-state index is 5.39. The minimum Gasteiger partial charge on any atom is -0.501 e. The number of aromatic nitrogens is 1. The van der Waals surface area contributed by atoms with Gasteiger partial charge in [0, 0.05) is 23.9 Å². The van der Waals surface area contributed by atoms with E-state index < -0.39 is 0 Å². The fourth-order valence-electron chi connectivity index (χ4n) is 2.52. The van der Waals surface area contributed by atoms with Crippen LogP contribution in [0.15, 0.2) is 60.5 Å². The summed E-state index contributed by atoms with van der Waals surface area (Å²) in [7, 11) is 3.27. The molecule has 4 nitrogen and oxygen atoms in total. The van der Waals surface area contributed by atoms with Crippen molar-refractivity contribution in [1.29, 1.82) is 0 Å². The first-order chi connectivity index (χ1) is 11.6. The average molecular weight is 324 g/mol. The van der Waals surface area contributed by atoms with Crippen molar-refractivity contribution in [2.45, 2.75) is 20.4 Å². The van der Waals surface area contributed by atoms with E-state index in [1.165, 1.54) is 5.56 Å². The van der Waals surface area contributed by atoms with Gasteiger partial charge < -0.3 is 14.8 Å². The number of nitrogens with zero attached hydrogens (tertiary/aromatic N) is 1. The molecule has 126 valence electrons. The summed E-state index contributed by atoms with van der Waals surface area (Å²) in [6.45, 7) is 8.62. The van der Waals surface area contributed by atoms with E-state index in [2.05, 4.69) is 29.0 Å². The summed E-state index contributed by atoms with van der Waals surface area (Å²) >= 11 is 0. The molecule has 1 heterocycles. The molecule has 0 saturated heterocycles. The van der Waals surface area contributed by atoms with Gasteiger partial charge in [0.05, 0.1) is 19.9 Å². The third-order valence-corrected chi connectivity index (χ3v) is 3.74. The summed E-state index contributed by atoms with van der Waals surface area (Å²) in [6, 6.07) is 12.2. The molecule has 0 unspecified atom stereocenters. The summed E-state index contributed by atoms with van der Waals surface area (Å²) in [6.07, 6.45) is 1.78. The number of hydrogen-bond acceptors (Lipinski definition) is 4. The molecule has 2 rings (SSSR count). The third-order valence-electron chi connectivity index (χ3n) is 3.74. The molecule has 0 aliphatic carbocycles. The van der Waals surface area contributed by atoms with Crippen LogP contribution in [0, 0.1) is 0 Å². The molecular formula is C20H24N2O2. The van der Waals surface area contributed by atoms with E-state index in [1.807, 2.05) is 38.1 Å². The Hall–Kier alpha value is -2.75. The zero-order chi connectivity index (χ0) is 17.5. The zero-order valence-corrected chi connectivity index (χ0v) is 14.7.